The molecular formula is C21H28ClN3O3. The Bertz CT molecular complexity index is 764. The van der Waals surface area contributed by atoms with E-state index in [0.717, 1.165) is 18.4 Å². The van der Waals surface area contributed by atoms with Gasteiger partial charge in [-0.1, -0.05) is 56.5 Å². The number of carboxylic acid groups (broad SMARTS) is 1. The topological polar surface area (TPSA) is 95.1 Å². The van der Waals surface area contributed by atoms with E-state index in [0.29, 0.717) is 23.6 Å². The third kappa shape index (κ3) is 6.37. The fraction of sp³-hybridized carbons (Fsp3) is 0.476. The lowest BCUT2D eigenvalue weighted by Crippen LogP contribution is -2.46. The number of unbranched alkanes of at least 4 members (excludes halogenated alkanes) is 1. The zero-order valence-corrected chi connectivity index (χ0v) is 17.1. The number of aromatic amines is 1. The molecule has 1 heterocycles. The number of benzene rings is 1. The smallest absolute Gasteiger partial charge is 0.326 e. The number of carboxylic acids is 1. The van der Waals surface area contributed by atoms with E-state index < -0.39 is 12.0 Å². The molecule has 1 aromatic carbocycles. The predicted octanol–water partition coefficient (Wildman–Crippen LogP) is 3.86. The van der Waals surface area contributed by atoms with Crippen LogP contribution in [-0.4, -0.2) is 33.0 Å². The molecule has 3 unspecified atom stereocenters. The molecule has 28 heavy (non-hydrogen) atoms. The van der Waals surface area contributed by atoms with Crippen molar-refractivity contribution in [1.29, 1.82) is 0 Å². The standard InChI is InChI=1S/C21H28ClN3O3/c1-3-4-8-17(14(2)10-15-7-5-6-9-18(15)22)20(26)25-19(21(27)28)11-16-12-23-13-24-16/h5-7,9,12-14,17,19H,3-4,8,10-11H2,1-2H3,(H,23,24)(H,25,26)(H,27,28). The van der Waals surface area contributed by atoms with Gasteiger partial charge in [0.2, 0.25) is 5.91 Å². The Morgan fingerprint density at radius 2 is 2.04 bits per heavy atom. The summed E-state index contributed by atoms with van der Waals surface area (Å²) in [5, 5.41) is 12.9. The van der Waals surface area contributed by atoms with Gasteiger partial charge in [0, 0.05) is 23.6 Å². The number of halogens is 1. The first kappa shape index (κ1) is 22.0. The largest absolute Gasteiger partial charge is 0.480 e. The Morgan fingerprint density at radius 1 is 1.29 bits per heavy atom. The minimum atomic E-state index is -1.07. The van der Waals surface area contributed by atoms with E-state index in [1.54, 1.807) is 6.20 Å². The summed E-state index contributed by atoms with van der Waals surface area (Å²) in [5.74, 6) is -1.54. The number of imidazole rings is 1. The average Bonchev–Trinajstić information content (AvgIpc) is 3.16. The van der Waals surface area contributed by atoms with Crippen LogP contribution >= 0.6 is 11.6 Å². The Morgan fingerprint density at radius 3 is 2.64 bits per heavy atom. The molecule has 3 N–H and O–H groups in total. The van der Waals surface area contributed by atoms with Crippen molar-refractivity contribution in [2.24, 2.45) is 11.8 Å². The summed E-state index contributed by atoms with van der Waals surface area (Å²) in [6.07, 6.45) is 6.52. The van der Waals surface area contributed by atoms with Gasteiger partial charge in [0.15, 0.2) is 0 Å². The fourth-order valence-corrected chi connectivity index (χ4v) is 3.55. The highest BCUT2D eigenvalue weighted by molar-refractivity contribution is 6.31. The Labute approximate surface area is 170 Å². The molecule has 6 nitrogen and oxygen atoms in total. The van der Waals surface area contributed by atoms with Crippen LogP contribution in [0.5, 0.6) is 0 Å². The van der Waals surface area contributed by atoms with E-state index in [-0.39, 0.29) is 24.2 Å². The quantitative estimate of drug-likeness (QED) is 0.529. The lowest BCUT2D eigenvalue weighted by Gasteiger charge is -2.25. The van der Waals surface area contributed by atoms with Crippen LogP contribution in [0.1, 0.15) is 44.4 Å². The van der Waals surface area contributed by atoms with Gasteiger partial charge in [0.25, 0.3) is 0 Å². The molecule has 0 saturated carbocycles. The molecule has 2 aromatic rings. The van der Waals surface area contributed by atoms with Crippen LogP contribution < -0.4 is 5.32 Å². The third-order valence-electron chi connectivity index (χ3n) is 4.97. The maximum atomic E-state index is 13.0. The molecule has 152 valence electrons. The van der Waals surface area contributed by atoms with E-state index in [2.05, 4.69) is 22.2 Å². The monoisotopic (exact) mass is 405 g/mol. The first-order valence-electron chi connectivity index (χ1n) is 9.66. The van der Waals surface area contributed by atoms with Crippen LogP contribution in [0.25, 0.3) is 0 Å². The van der Waals surface area contributed by atoms with Crippen LogP contribution in [0.15, 0.2) is 36.8 Å². The maximum Gasteiger partial charge on any atom is 0.326 e. The number of aromatic nitrogens is 2. The van der Waals surface area contributed by atoms with Crippen LogP contribution in [-0.2, 0) is 22.4 Å². The van der Waals surface area contributed by atoms with E-state index >= 15 is 0 Å². The molecule has 0 spiro atoms. The number of nitrogens with one attached hydrogen (secondary N) is 2. The predicted molar refractivity (Wildman–Crippen MR) is 109 cm³/mol. The second-order valence-corrected chi connectivity index (χ2v) is 7.59. The van der Waals surface area contributed by atoms with Gasteiger partial charge in [0.1, 0.15) is 6.04 Å². The molecule has 0 bridgehead atoms. The number of hydrogen-bond donors (Lipinski definition) is 3. The molecule has 0 fully saturated rings. The lowest BCUT2D eigenvalue weighted by molar-refractivity contribution is -0.142. The van der Waals surface area contributed by atoms with Crippen molar-refractivity contribution in [3.05, 3.63) is 53.1 Å². The maximum absolute atomic E-state index is 13.0. The highest BCUT2D eigenvalue weighted by Gasteiger charge is 2.29. The first-order valence-corrected chi connectivity index (χ1v) is 10.0. The van der Waals surface area contributed by atoms with Crippen LogP contribution in [0, 0.1) is 11.8 Å². The zero-order valence-electron chi connectivity index (χ0n) is 16.3. The number of carbonyl (C=O) groups is 2. The molecule has 0 radical (unpaired) electrons. The number of hydrogen-bond acceptors (Lipinski definition) is 3. The number of amides is 1. The van der Waals surface area contributed by atoms with Gasteiger partial charge in [0.05, 0.1) is 12.0 Å². The minimum Gasteiger partial charge on any atom is -0.480 e. The SMILES string of the molecule is CCCCC(C(=O)NC(Cc1c[nH]cn1)C(=O)O)C(C)Cc1ccccc1Cl. The number of nitrogens with zero attached hydrogens (tertiary/aromatic N) is 1. The Kier molecular flexibility index (Phi) is 8.51. The number of rotatable bonds is 11. The second-order valence-electron chi connectivity index (χ2n) is 7.19. The summed E-state index contributed by atoms with van der Waals surface area (Å²) in [7, 11) is 0. The molecule has 0 aliphatic rings. The van der Waals surface area contributed by atoms with Crippen molar-refractivity contribution in [3.8, 4) is 0 Å². The molecule has 0 aliphatic heterocycles. The van der Waals surface area contributed by atoms with Gasteiger partial charge in [-0.25, -0.2) is 9.78 Å². The summed E-state index contributed by atoms with van der Waals surface area (Å²) in [4.78, 5) is 31.5. The Hall–Kier alpha value is -2.34. The summed E-state index contributed by atoms with van der Waals surface area (Å²) in [6.45, 7) is 4.10. The molecule has 0 saturated heterocycles. The first-order chi connectivity index (χ1) is 13.4. The van der Waals surface area contributed by atoms with Crippen molar-refractivity contribution in [1.82, 2.24) is 15.3 Å². The third-order valence-corrected chi connectivity index (χ3v) is 5.34. The van der Waals surface area contributed by atoms with Crippen molar-refractivity contribution in [3.63, 3.8) is 0 Å². The average molecular weight is 406 g/mol. The summed E-state index contributed by atoms with van der Waals surface area (Å²) < 4.78 is 0. The molecule has 1 amide bonds. The lowest BCUT2D eigenvalue weighted by atomic mass is 9.84. The summed E-state index contributed by atoms with van der Waals surface area (Å²) >= 11 is 6.27. The minimum absolute atomic E-state index is 0.0336. The van der Waals surface area contributed by atoms with Gasteiger partial charge in [-0.2, -0.15) is 0 Å². The molecule has 2 rings (SSSR count). The summed E-state index contributed by atoms with van der Waals surface area (Å²) in [5.41, 5.74) is 1.60. The van der Waals surface area contributed by atoms with E-state index in [4.69, 9.17) is 11.6 Å². The normalized spacial score (nSPS) is 14.2. The van der Waals surface area contributed by atoms with Crippen molar-refractivity contribution >= 4 is 23.5 Å². The van der Waals surface area contributed by atoms with Crippen molar-refractivity contribution < 1.29 is 14.7 Å². The van der Waals surface area contributed by atoms with Crippen LogP contribution in [0.2, 0.25) is 5.02 Å². The highest BCUT2D eigenvalue weighted by atomic mass is 35.5. The van der Waals surface area contributed by atoms with Gasteiger partial charge in [-0.15, -0.1) is 0 Å². The van der Waals surface area contributed by atoms with Crippen LogP contribution in [0.3, 0.4) is 0 Å². The summed E-state index contributed by atoms with van der Waals surface area (Å²) in [6, 6.07) is 6.61. The Balaban J connectivity index is 2.09. The number of aliphatic carboxylic acids is 1. The molecular weight excluding hydrogens is 378 g/mol. The second kappa shape index (κ2) is 10.9. The molecule has 1 aromatic heterocycles. The molecule has 0 aliphatic carbocycles. The zero-order chi connectivity index (χ0) is 20.5. The fourth-order valence-electron chi connectivity index (χ4n) is 3.34. The van der Waals surface area contributed by atoms with E-state index in [9.17, 15) is 14.7 Å². The van der Waals surface area contributed by atoms with E-state index in [1.807, 2.05) is 31.2 Å². The van der Waals surface area contributed by atoms with Gasteiger partial charge < -0.3 is 15.4 Å². The van der Waals surface area contributed by atoms with Crippen molar-refractivity contribution in [2.75, 3.05) is 0 Å². The number of H-pyrrole nitrogens is 1. The highest BCUT2D eigenvalue weighted by Crippen LogP contribution is 2.26. The van der Waals surface area contributed by atoms with Gasteiger partial charge in [-0.3, -0.25) is 4.79 Å². The van der Waals surface area contributed by atoms with Gasteiger partial charge in [-0.05, 0) is 30.4 Å². The van der Waals surface area contributed by atoms with Crippen LogP contribution in [0.4, 0.5) is 0 Å². The van der Waals surface area contributed by atoms with Crippen molar-refractivity contribution in [2.45, 2.75) is 52.0 Å². The molecule has 7 heteroatoms. The van der Waals surface area contributed by atoms with Gasteiger partial charge >= 0.3 is 5.97 Å². The van der Waals surface area contributed by atoms with E-state index in [1.165, 1.54) is 6.33 Å². The molecule has 3 atom stereocenters. The number of carbonyl (C=O) groups excluding carboxylic acids is 1.